The van der Waals surface area contributed by atoms with Crippen molar-refractivity contribution >= 4 is 33.3 Å². The van der Waals surface area contributed by atoms with Crippen molar-refractivity contribution in [3.05, 3.63) is 28.4 Å². The number of hydrogen-bond acceptors (Lipinski definition) is 3. The predicted octanol–water partition coefficient (Wildman–Crippen LogP) is 2.04. The molecule has 1 aromatic carbocycles. The van der Waals surface area contributed by atoms with Crippen molar-refractivity contribution < 1.29 is 9.53 Å². The van der Waals surface area contributed by atoms with Crippen LogP contribution in [-0.2, 0) is 16.0 Å². The maximum atomic E-state index is 10.00. The van der Waals surface area contributed by atoms with Gasteiger partial charge in [0.1, 0.15) is 0 Å². The Kier molecular flexibility index (Phi) is 3.01. The summed E-state index contributed by atoms with van der Waals surface area (Å²) in [6.07, 6.45) is 0.645. The van der Waals surface area contributed by atoms with Gasteiger partial charge in [-0.2, -0.15) is 5.10 Å². The molecule has 0 saturated heterocycles. The summed E-state index contributed by atoms with van der Waals surface area (Å²) in [4.78, 5) is 10.00. The van der Waals surface area contributed by atoms with E-state index in [-0.39, 0.29) is 0 Å². The number of benzene rings is 1. The lowest BCUT2D eigenvalue weighted by atomic mass is 10.2. The van der Waals surface area contributed by atoms with E-state index in [1.807, 2.05) is 18.2 Å². The fourth-order valence-electron chi connectivity index (χ4n) is 1.44. The van der Waals surface area contributed by atoms with Gasteiger partial charge in [-0.05, 0) is 18.2 Å². The molecule has 0 radical (unpaired) electrons. The summed E-state index contributed by atoms with van der Waals surface area (Å²) < 4.78 is 5.65. The number of fused-ring (bicyclic) bond motifs is 1. The van der Waals surface area contributed by atoms with Crippen molar-refractivity contribution in [1.29, 1.82) is 0 Å². The SMILES string of the molecule is O=COCCc1[nH]nc2ccc(Br)cc12. The van der Waals surface area contributed by atoms with Crippen LogP contribution in [0.15, 0.2) is 22.7 Å². The van der Waals surface area contributed by atoms with E-state index in [9.17, 15) is 4.79 Å². The molecule has 4 nitrogen and oxygen atoms in total. The molecule has 0 amide bonds. The van der Waals surface area contributed by atoms with E-state index < -0.39 is 0 Å². The molecule has 2 rings (SSSR count). The minimum Gasteiger partial charge on any atom is -0.467 e. The van der Waals surface area contributed by atoms with Gasteiger partial charge in [0.05, 0.1) is 12.1 Å². The Morgan fingerprint density at radius 1 is 1.53 bits per heavy atom. The third kappa shape index (κ3) is 2.18. The van der Waals surface area contributed by atoms with E-state index in [4.69, 9.17) is 0 Å². The first-order chi connectivity index (χ1) is 7.31. The summed E-state index contributed by atoms with van der Waals surface area (Å²) in [7, 11) is 0. The lowest BCUT2D eigenvalue weighted by molar-refractivity contribution is -0.128. The molecule has 78 valence electrons. The predicted molar refractivity (Wildman–Crippen MR) is 59.5 cm³/mol. The second-order valence-corrected chi connectivity index (χ2v) is 4.00. The van der Waals surface area contributed by atoms with Crippen LogP contribution in [0.2, 0.25) is 0 Å². The molecule has 0 aliphatic carbocycles. The monoisotopic (exact) mass is 268 g/mol. The number of carbonyl (C=O) groups is 1. The molecule has 5 heteroatoms. The van der Waals surface area contributed by atoms with Crippen LogP contribution in [0.3, 0.4) is 0 Å². The molecule has 1 aromatic heterocycles. The molecule has 0 saturated carbocycles. The molecule has 2 aromatic rings. The Morgan fingerprint density at radius 3 is 3.20 bits per heavy atom. The number of aromatic nitrogens is 2. The second kappa shape index (κ2) is 4.44. The molecular weight excluding hydrogens is 260 g/mol. The summed E-state index contributed by atoms with van der Waals surface area (Å²) in [5.74, 6) is 0. The maximum absolute atomic E-state index is 10.00. The molecule has 1 N–H and O–H groups in total. The summed E-state index contributed by atoms with van der Waals surface area (Å²) >= 11 is 3.40. The number of halogens is 1. The highest BCUT2D eigenvalue weighted by atomic mass is 79.9. The van der Waals surface area contributed by atoms with Gasteiger partial charge in [0, 0.05) is 22.0 Å². The third-order valence-corrected chi connectivity index (χ3v) is 2.63. The Balaban J connectivity index is 2.27. The lowest BCUT2D eigenvalue weighted by Gasteiger charge is -1.97. The van der Waals surface area contributed by atoms with Crippen molar-refractivity contribution in [2.75, 3.05) is 6.61 Å². The van der Waals surface area contributed by atoms with Crippen LogP contribution in [0.5, 0.6) is 0 Å². The molecule has 0 aliphatic heterocycles. The van der Waals surface area contributed by atoms with Gasteiger partial charge in [-0.25, -0.2) is 0 Å². The van der Waals surface area contributed by atoms with Crippen LogP contribution in [0.4, 0.5) is 0 Å². The van der Waals surface area contributed by atoms with Gasteiger partial charge in [0.2, 0.25) is 0 Å². The Bertz CT molecular complexity index is 481. The second-order valence-electron chi connectivity index (χ2n) is 3.08. The van der Waals surface area contributed by atoms with Gasteiger partial charge < -0.3 is 4.74 Å². The number of carbonyl (C=O) groups excluding carboxylic acids is 1. The topological polar surface area (TPSA) is 55.0 Å². The first kappa shape index (κ1) is 10.2. The largest absolute Gasteiger partial charge is 0.467 e. The first-order valence-electron chi connectivity index (χ1n) is 4.49. The normalized spacial score (nSPS) is 10.5. The van der Waals surface area contributed by atoms with Crippen LogP contribution >= 0.6 is 15.9 Å². The number of nitrogens with zero attached hydrogens (tertiary/aromatic N) is 1. The number of nitrogens with one attached hydrogen (secondary N) is 1. The fourth-order valence-corrected chi connectivity index (χ4v) is 1.80. The van der Waals surface area contributed by atoms with Crippen molar-refractivity contribution in [3.63, 3.8) is 0 Å². The molecule has 0 atom stereocenters. The number of aromatic amines is 1. The molecule has 1 heterocycles. The van der Waals surface area contributed by atoms with E-state index >= 15 is 0 Å². The summed E-state index contributed by atoms with van der Waals surface area (Å²) in [6, 6.07) is 5.87. The van der Waals surface area contributed by atoms with Gasteiger partial charge in [-0.15, -0.1) is 0 Å². The Morgan fingerprint density at radius 2 is 2.40 bits per heavy atom. The summed E-state index contributed by atoms with van der Waals surface area (Å²) in [5.41, 5.74) is 1.90. The van der Waals surface area contributed by atoms with Crippen LogP contribution < -0.4 is 0 Å². The van der Waals surface area contributed by atoms with Gasteiger partial charge >= 0.3 is 0 Å². The zero-order valence-electron chi connectivity index (χ0n) is 7.87. The zero-order valence-corrected chi connectivity index (χ0v) is 9.45. The first-order valence-corrected chi connectivity index (χ1v) is 5.28. The number of rotatable bonds is 4. The van der Waals surface area contributed by atoms with E-state index in [1.165, 1.54) is 0 Å². The van der Waals surface area contributed by atoms with Crippen LogP contribution in [0, 0.1) is 0 Å². The van der Waals surface area contributed by atoms with Gasteiger partial charge in [0.25, 0.3) is 6.47 Å². The number of H-pyrrole nitrogens is 1. The molecule has 0 fully saturated rings. The zero-order chi connectivity index (χ0) is 10.7. The summed E-state index contributed by atoms with van der Waals surface area (Å²) in [6.45, 7) is 0.821. The Hall–Kier alpha value is -1.36. The highest BCUT2D eigenvalue weighted by molar-refractivity contribution is 9.10. The summed E-state index contributed by atoms with van der Waals surface area (Å²) in [5, 5.41) is 8.14. The molecule has 0 spiro atoms. The molecule has 0 bridgehead atoms. The highest BCUT2D eigenvalue weighted by Crippen LogP contribution is 2.21. The van der Waals surface area contributed by atoms with Crippen LogP contribution in [-0.4, -0.2) is 23.3 Å². The standard InChI is InChI=1S/C10H9BrN2O2/c11-7-1-2-9-8(5-7)10(13-12-9)3-4-15-6-14/h1-2,5-6H,3-4H2,(H,12,13). The molecule has 0 unspecified atom stereocenters. The van der Waals surface area contributed by atoms with Gasteiger partial charge in [0.15, 0.2) is 0 Å². The molecular formula is C10H9BrN2O2. The highest BCUT2D eigenvalue weighted by Gasteiger charge is 2.05. The average molecular weight is 269 g/mol. The minimum atomic E-state index is 0.368. The van der Waals surface area contributed by atoms with Gasteiger partial charge in [-0.1, -0.05) is 15.9 Å². The maximum Gasteiger partial charge on any atom is 0.293 e. The minimum absolute atomic E-state index is 0.368. The van der Waals surface area contributed by atoms with E-state index in [1.54, 1.807) is 0 Å². The average Bonchev–Trinajstić information content (AvgIpc) is 2.62. The van der Waals surface area contributed by atoms with Gasteiger partial charge in [-0.3, -0.25) is 9.89 Å². The fraction of sp³-hybridized carbons (Fsp3) is 0.200. The van der Waals surface area contributed by atoms with Crippen molar-refractivity contribution in [2.24, 2.45) is 0 Å². The van der Waals surface area contributed by atoms with Crippen molar-refractivity contribution in [1.82, 2.24) is 10.2 Å². The van der Waals surface area contributed by atoms with Crippen LogP contribution in [0.25, 0.3) is 10.9 Å². The third-order valence-electron chi connectivity index (χ3n) is 2.13. The number of ether oxygens (including phenoxy) is 1. The number of hydrogen-bond donors (Lipinski definition) is 1. The van der Waals surface area contributed by atoms with E-state index in [0.717, 1.165) is 21.1 Å². The van der Waals surface area contributed by atoms with E-state index in [0.29, 0.717) is 19.5 Å². The van der Waals surface area contributed by atoms with E-state index in [2.05, 4.69) is 30.9 Å². The smallest absolute Gasteiger partial charge is 0.293 e. The van der Waals surface area contributed by atoms with Crippen molar-refractivity contribution in [2.45, 2.75) is 6.42 Å². The van der Waals surface area contributed by atoms with Crippen LogP contribution in [0.1, 0.15) is 5.69 Å². The molecule has 0 aliphatic rings. The van der Waals surface area contributed by atoms with Crippen molar-refractivity contribution in [3.8, 4) is 0 Å². The Labute approximate surface area is 94.7 Å². The lowest BCUT2D eigenvalue weighted by Crippen LogP contribution is -1.97. The molecule has 15 heavy (non-hydrogen) atoms. The quantitative estimate of drug-likeness (QED) is 0.682.